The molecule has 6 heteroatoms. The van der Waals surface area contributed by atoms with E-state index in [0.29, 0.717) is 12.1 Å². The number of benzene rings is 1. The van der Waals surface area contributed by atoms with Gasteiger partial charge in [-0.3, -0.25) is 4.98 Å². The lowest BCUT2D eigenvalue weighted by Crippen LogP contribution is -2.34. The smallest absolute Gasteiger partial charge is 0.319 e. The monoisotopic (exact) mass is 321 g/mol. The minimum Gasteiger partial charge on any atom is -0.338 e. The van der Waals surface area contributed by atoms with Gasteiger partial charge in [-0.05, 0) is 17.7 Å². The second-order valence-corrected chi connectivity index (χ2v) is 5.46. The number of rotatable bonds is 5. The zero-order chi connectivity index (χ0) is 16.8. The number of anilines is 1. The molecule has 0 radical (unpaired) electrons. The van der Waals surface area contributed by atoms with Gasteiger partial charge in [-0.15, -0.1) is 0 Å². The van der Waals surface area contributed by atoms with Crippen molar-refractivity contribution in [3.63, 3.8) is 0 Å². The van der Waals surface area contributed by atoms with E-state index in [2.05, 4.69) is 20.6 Å². The van der Waals surface area contributed by atoms with Gasteiger partial charge in [-0.1, -0.05) is 30.3 Å². The fourth-order valence-corrected chi connectivity index (χ4v) is 2.48. The number of hydrogen-bond acceptors (Lipinski definition) is 3. The third-order valence-corrected chi connectivity index (χ3v) is 3.73. The number of amides is 2. The molecule has 24 heavy (non-hydrogen) atoms. The van der Waals surface area contributed by atoms with Crippen LogP contribution in [0.15, 0.2) is 67.3 Å². The van der Waals surface area contributed by atoms with Crippen LogP contribution in [0.1, 0.15) is 17.4 Å². The number of aromatic nitrogens is 3. The maximum absolute atomic E-state index is 12.3. The normalized spacial score (nSPS) is 11.7. The molecule has 6 nitrogen and oxygen atoms in total. The van der Waals surface area contributed by atoms with E-state index < -0.39 is 0 Å². The molecule has 0 bridgehead atoms. The molecule has 0 aliphatic heterocycles. The van der Waals surface area contributed by atoms with Crippen LogP contribution in [0.4, 0.5) is 10.5 Å². The molecular weight excluding hydrogens is 302 g/mol. The third kappa shape index (κ3) is 3.98. The molecule has 2 aromatic heterocycles. The molecule has 1 aromatic carbocycles. The van der Waals surface area contributed by atoms with Crippen LogP contribution in [-0.4, -0.2) is 20.6 Å². The van der Waals surface area contributed by atoms with E-state index in [1.54, 1.807) is 30.7 Å². The number of urea groups is 1. The van der Waals surface area contributed by atoms with Gasteiger partial charge in [0.25, 0.3) is 0 Å². The minimum atomic E-state index is -0.272. The lowest BCUT2D eigenvalue weighted by molar-refractivity contribution is 0.248. The molecule has 0 saturated heterocycles. The van der Waals surface area contributed by atoms with Crippen LogP contribution in [-0.2, 0) is 13.5 Å². The number of aryl methyl sites for hydroxylation is 1. The average molecular weight is 321 g/mol. The molecule has 0 fully saturated rings. The van der Waals surface area contributed by atoms with E-state index in [-0.39, 0.29) is 12.1 Å². The van der Waals surface area contributed by atoms with Crippen molar-refractivity contribution in [3.8, 4) is 0 Å². The number of carbonyl (C=O) groups is 1. The first kappa shape index (κ1) is 15.7. The van der Waals surface area contributed by atoms with E-state index in [9.17, 15) is 4.79 Å². The molecule has 2 N–H and O–H groups in total. The molecular formula is C18H19N5O. The van der Waals surface area contributed by atoms with Crippen LogP contribution < -0.4 is 10.6 Å². The van der Waals surface area contributed by atoms with Crippen molar-refractivity contribution in [1.82, 2.24) is 19.9 Å². The zero-order valence-electron chi connectivity index (χ0n) is 13.4. The van der Waals surface area contributed by atoms with Crippen molar-refractivity contribution in [3.05, 3.63) is 78.6 Å². The molecule has 2 heterocycles. The Morgan fingerprint density at radius 3 is 2.67 bits per heavy atom. The van der Waals surface area contributed by atoms with Gasteiger partial charge >= 0.3 is 6.03 Å². The quantitative estimate of drug-likeness (QED) is 0.759. The largest absolute Gasteiger partial charge is 0.338 e. The van der Waals surface area contributed by atoms with Crippen molar-refractivity contribution in [2.45, 2.75) is 12.5 Å². The molecule has 0 aliphatic rings. The van der Waals surface area contributed by atoms with Crippen molar-refractivity contribution in [2.24, 2.45) is 7.05 Å². The Balaban J connectivity index is 1.75. The van der Waals surface area contributed by atoms with Gasteiger partial charge in [0.05, 0.1) is 17.9 Å². The van der Waals surface area contributed by atoms with Crippen molar-refractivity contribution in [2.75, 3.05) is 5.32 Å². The maximum atomic E-state index is 12.3. The summed E-state index contributed by atoms with van der Waals surface area (Å²) in [5, 5.41) is 5.81. The highest BCUT2D eigenvalue weighted by Crippen LogP contribution is 2.17. The molecule has 1 atom stereocenters. The Labute approximate surface area is 140 Å². The Morgan fingerprint density at radius 1 is 1.17 bits per heavy atom. The fraction of sp³-hybridized carbons (Fsp3) is 0.167. The lowest BCUT2D eigenvalue weighted by atomic mass is 10.0. The Bertz CT molecular complexity index is 785. The van der Waals surface area contributed by atoms with E-state index in [0.717, 1.165) is 11.4 Å². The first-order chi connectivity index (χ1) is 11.7. The zero-order valence-corrected chi connectivity index (χ0v) is 13.4. The summed E-state index contributed by atoms with van der Waals surface area (Å²) in [5.41, 5.74) is 1.68. The number of imidazole rings is 1. The standard InChI is InChI=1S/C18H19N5O/c1-23-11-10-20-17(23)12-16(14-6-3-2-4-7-14)22-18(24)21-15-8-5-9-19-13-15/h2-11,13,16H,12H2,1H3,(H2,21,22,24)/t16-/m1/s1. The Kier molecular flexibility index (Phi) is 4.86. The average Bonchev–Trinajstić information content (AvgIpc) is 3.01. The van der Waals surface area contributed by atoms with Crippen molar-refractivity contribution >= 4 is 11.7 Å². The summed E-state index contributed by atoms with van der Waals surface area (Å²) in [7, 11) is 1.94. The SMILES string of the molecule is Cn1ccnc1C[C@@H](NC(=O)Nc1cccnc1)c1ccccc1. The predicted octanol–water partition coefficient (Wildman–Crippen LogP) is 2.92. The maximum Gasteiger partial charge on any atom is 0.319 e. The van der Waals surface area contributed by atoms with Crippen LogP contribution in [0.5, 0.6) is 0 Å². The van der Waals surface area contributed by atoms with E-state index in [1.165, 1.54) is 0 Å². The number of carbonyl (C=O) groups excluding carboxylic acids is 1. The minimum absolute atomic E-state index is 0.177. The van der Waals surface area contributed by atoms with Gasteiger partial charge < -0.3 is 15.2 Å². The predicted molar refractivity (Wildman–Crippen MR) is 92.5 cm³/mol. The molecule has 0 saturated carbocycles. The van der Waals surface area contributed by atoms with Crippen LogP contribution in [0.3, 0.4) is 0 Å². The van der Waals surface area contributed by atoms with E-state index >= 15 is 0 Å². The second-order valence-electron chi connectivity index (χ2n) is 5.46. The topological polar surface area (TPSA) is 71.8 Å². The molecule has 3 rings (SSSR count). The van der Waals surface area contributed by atoms with Gasteiger partial charge in [0.1, 0.15) is 5.82 Å². The second kappa shape index (κ2) is 7.41. The molecule has 122 valence electrons. The van der Waals surface area contributed by atoms with Gasteiger partial charge in [-0.2, -0.15) is 0 Å². The van der Waals surface area contributed by atoms with Crippen LogP contribution in [0.25, 0.3) is 0 Å². The summed E-state index contributed by atoms with van der Waals surface area (Å²) in [4.78, 5) is 20.7. The summed E-state index contributed by atoms with van der Waals surface area (Å²) >= 11 is 0. The summed E-state index contributed by atoms with van der Waals surface area (Å²) in [5.74, 6) is 0.908. The first-order valence-corrected chi connectivity index (χ1v) is 7.71. The van der Waals surface area contributed by atoms with Gasteiger partial charge in [0.2, 0.25) is 0 Å². The summed E-state index contributed by atoms with van der Waals surface area (Å²) < 4.78 is 1.96. The Hall–Kier alpha value is -3.15. The molecule has 2 amide bonds. The van der Waals surface area contributed by atoms with Crippen LogP contribution in [0, 0.1) is 0 Å². The van der Waals surface area contributed by atoms with E-state index in [4.69, 9.17) is 0 Å². The number of nitrogens with zero attached hydrogens (tertiary/aromatic N) is 3. The van der Waals surface area contributed by atoms with Gasteiger partial charge in [0, 0.05) is 32.1 Å². The highest BCUT2D eigenvalue weighted by molar-refractivity contribution is 5.89. The third-order valence-electron chi connectivity index (χ3n) is 3.73. The van der Waals surface area contributed by atoms with Crippen molar-refractivity contribution < 1.29 is 4.79 Å². The highest BCUT2D eigenvalue weighted by atomic mass is 16.2. The van der Waals surface area contributed by atoms with Crippen molar-refractivity contribution in [1.29, 1.82) is 0 Å². The molecule has 0 spiro atoms. The summed E-state index contributed by atoms with van der Waals surface area (Å²) in [6, 6.07) is 13.0. The summed E-state index contributed by atoms with van der Waals surface area (Å²) in [6.07, 6.45) is 7.53. The first-order valence-electron chi connectivity index (χ1n) is 7.71. The lowest BCUT2D eigenvalue weighted by Gasteiger charge is -2.19. The van der Waals surface area contributed by atoms with Crippen LogP contribution >= 0.6 is 0 Å². The van der Waals surface area contributed by atoms with Crippen LogP contribution in [0.2, 0.25) is 0 Å². The van der Waals surface area contributed by atoms with Gasteiger partial charge in [0.15, 0.2) is 0 Å². The molecule has 0 unspecified atom stereocenters. The number of pyridine rings is 1. The molecule has 3 aromatic rings. The Morgan fingerprint density at radius 2 is 2.00 bits per heavy atom. The fourth-order valence-electron chi connectivity index (χ4n) is 2.48. The van der Waals surface area contributed by atoms with E-state index in [1.807, 2.05) is 48.1 Å². The number of nitrogens with one attached hydrogen (secondary N) is 2. The molecule has 0 aliphatic carbocycles. The van der Waals surface area contributed by atoms with Gasteiger partial charge in [-0.25, -0.2) is 9.78 Å². The summed E-state index contributed by atoms with van der Waals surface area (Å²) in [6.45, 7) is 0. The number of hydrogen-bond donors (Lipinski definition) is 2. The highest BCUT2D eigenvalue weighted by Gasteiger charge is 2.17.